The predicted octanol–water partition coefficient (Wildman–Crippen LogP) is 3.86. The van der Waals surface area contributed by atoms with Gasteiger partial charge in [0.1, 0.15) is 0 Å². The SMILES string of the molecule is CCSc1ccc(Cl)cc1CC(=O)N/N=C\c1ccc(OC)c(O)c1. The molecule has 0 spiro atoms. The van der Waals surface area contributed by atoms with Crippen molar-refractivity contribution in [2.45, 2.75) is 18.2 Å². The number of halogens is 1. The number of amides is 1. The fourth-order valence-corrected chi connectivity index (χ4v) is 3.15. The summed E-state index contributed by atoms with van der Waals surface area (Å²) in [7, 11) is 1.48. The lowest BCUT2D eigenvalue weighted by Crippen LogP contribution is -2.20. The summed E-state index contributed by atoms with van der Waals surface area (Å²) in [5, 5.41) is 14.2. The van der Waals surface area contributed by atoms with Crippen LogP contribution in [0.1, 0.15) is 18.1 Å². The molecule has 25 heavy (non-hydrogen) atoms. The van der Waals surface area contributed by atoms with E-state index in [1.54, 1.807) is 30.0 Å². The normalized spacial score (nSPS) is 10.8. The lowest BCUT2D eigenvalue weighted by molar-refractivity contribution is -0.120. The number of hydrazone groups is 1. The molecule has 0 aromatic heterocycles. The second-order valence-electron chi connectivity index (χ2n) is 5.09. The van der Waals surface area contributed by atoms with Crippen molar-refractivity contribution in [2.75, 3.05) is 12.9 Å². The Bertz CT molecular complexity index is 781. The number of phenols is 1. The van der Waals surface area contributed by atoms with Crippen molar-refractivity contribution in [3.8, 4) is 11.5 Å². The summed E-state index contributed by atoms with van der Waals surface area (Å²) in [4.78, 5) is 13.1. The summed E-state index contributed by atoms with van der Waals surface area (Å²) in [6, 6.07) is 10.4. The molecule has 0 atom stereocenters. The number of nitrogens with one attached hydrogen (secondary N) is 1. The third kappa shape index (κ3) is 5.69. The zero-order valence-electron chi connectivity index (χ0n) is 14.0. The number of carbonyl (C=O) groups is 1. The van der Waals surface area contributed by atoms with Gasteiger partial charge in [-0.2, -0.15) is 5.10 Å². The highest BCUT2D eigenvalue weighted by atomic mass is 35.5. The Balaban J connectivity index is 1.99. The van der Waals surface area contributed by atoms with E-state index in [-0.39, 0.29) is 18.1 Å². The average Bonchev–Trinajstić information content (AvgIpc) is 2.57. The first kappa shape index (κ1) is 19.1. The van der Waals surface area contributed by atoms with Crippen molar-refractivity contribution in [1.82, 2.24) is 5.43 Å². The first-order valence-electron chi connectivity index (χ1n) is 7.63. The highest BCUT2D eigenvalue weighted by Gasteiger charge is 2.09. The third-order valence-electron chi connectivity index (χ3n) is 3.28. The summed E-state index contributed by atoms with van der Waals surface area (Å²) in [6.07, 6.45) is 1.64. The predicted molar refractivity (Wildman–Crippen MR) is 102 cm³/mol. The molecular formula is C18H19ClN2O3S. The molecule has 0 heterocycles. The van der Waals surface area contributed by atoms with E-state index in [0.717, 1.165) is 16.2 Å². The molecular weight excluding hydrogens is 360 g/mol. The van der Waals surface area contributed by atoms with Crippen LogP contribution in [0, 0.1) is 0 Å². The topological polar surface area (TPSA) is 70.9 Å². The molecule has 0 fully saturated rings. The molecule has 132 valence electrons. The van der Waals surface area contributed by atoms with Crippen molar-refractivity contribution in [2.24, 2.45) is 5.10 Å². The third-order valence-corrected chi connectivity index (χ3v) is 4.51. The highest BCUT2D eigenvalue weighted by Crippen LogP contribution is 2.26. The van der Waals surface area contributed by atoms with Crippen LogP contribution in [-0.2, 0) is 11.2 Å². The molecule has 0 saturated heterocycles. The monoisotopic (exact) mass is 378 g/mol. The van der Waals surface area contributed by atoms with Gasteiger partial charge >= 0.3 is 0 Å². The summed E-state index contributed by atoms with van der Waals surface area (Å²) < 4.78 is 4.97. The van der Waals surface area contributed by atoms with Gasteiger partial charge in [-0.3, -0.25) is 4.79 Å². The van der Waals surface area contributed by atoms with Crippen molar-refractivity contribution < 1.29 is 14.6 Å². The van der Waals surface area contributed by atoms with Crippen molar-refractivity contribution in [3.63, 3.8) is 0 Å². The van der Waals surface area contributed by atoms with Gasteiger partial charge < -0.3 is 9.84 Å². The van der Waals surface area contributed by atoms with Crippen LogP contribution >= 0.6 is 23.4 Å². The second kappa shape index (κ2) is 9.34. The lowest BCUT2D eigenvalue weighted by Gasteiger charge is -2.08. The van der Waals surface area contributed by atoms with E-state index >= 15 is 0 Å². The van der Waals surface area contributed by atoms with E-state index in [0.29, 0.717) is 16.3 Å². The molecule has 0 saturated carbocycles. The quantitative estimate of drug-likeness (QED) is 0.436. The molecule has 0 aliphatic carbocycles. The maximum Gasteiger partial charge on any atom is 0.244 e. The maximum absolute atomic E-state index is 12.1. The van der Waals surface area contributed by atoms with Crippen LogP contribution in [0.3, 0.4) is 0 Å². The fourth-order valence-electron chi connectivity index (χ4n) is 2.16. The van der Waals surface area contributed by atoms with Crippen molar-refractivity contribution in [3.05, 3.63) is 52.5 Å². The zero-order valence-corrected chi connectivity index (χ0v) is 15.5. The Labute approximate surface area is 156 Å². The lowest BCUT2D eigenvalue weighted by atomic mass is 10.1. The number of aromatic hydroxyl groups is 1. The Morgan fingerprint density at radius 3 is 2.84 bits per heavy atom. The number of ether oxygens (including phenoxy) is 1. The van der Waals surface area contributed by atoms with Crippen LogP contribution in [0.25, 0.3) is 0 Å². The largest absolute Gasteiger partial charge is 0.504 e. The minimum Gasteiger partial charge on any atom is -0.504 e. The van der Waals surface area contributed by atoms with Gasteiger partial charge in [0, 0.05) is 9.92 Å². The van der Waals surface area contributed by atoms with Gasteiger partial charge in [0.15, 0.2) is 11.5 Å². The number of carbonyl (C=O) groups excluding carboxylic acids is 1. The van der Waals surface area contributed by atoms with Crippen molar-refractivity contribution in [1.29, 1.82) is 0 Å². The fraction of sp³-hybridized carbons (Fsp3) is 0.222. The number of phenolic OH excluding ortho intramolecular Hbond substituents is 1. The van der Waals surface area contributed by atoms with Crippen LogP contribution in [0.4, 0.5) is 0 Å². The smallest absolute Gasteiger partial charge is 0.244 e. The van der Waals surface area contributed by atoms with E-state index in [1.165, 1.54) is 19.4 Å². The van der Waals surface area contributed by atoms with E-state index in [4.69, 9.17) is 16.3 Å². The molecule has 2 rings (SSSR count). The number of nitrogens with zero attached hydrogens (tertiary/aromatic N) is 1. The van der Waals surface area contributed by atoms with Gasteiger partial charge in [0.05, 0.1) is 19.7 Å². The molecule has 0 aliphatic rings. The van der Waals surface area contributed by atoms with Crippen LogP contribution in [-0.4, -0.2) is 30.1 Å². The van der Waals surface area contributed by atoms with Gasteiger partial charge in [-0.1, -0.05) is 18.5 Å². The maximum atomic E-state index is 12.1. The summed E-state index contributed by atoms with van der Waals surface area (Å²) in [5.74, 6) is 1.06. The molecule has 0 bridgehead atoms. The molecule has 2 aromatic rings. The summed E-state index contributed by atoms with van der Waals surface area (Å²) >= 11 is 7.68. The van der Waals surface area contributed by atoms with Gasteiger partial charge in [0.25, 0.3) is 0 Å². The van der Waals surface area contributed by atoms with Crippen LogP contribution < -0.4 is 10.2 Å². The molecule has 5 nitrogen and oxygen atoms in total. The summed E-state index contributed by atoms with van der Waals surface area (Å²) in [6.45, 7) is 2.05. The average molecular weight is 379 g/mol. The van der Waals surface area contributed by atoms with E-state index in [1.807, 2.05) is 12.1 Å². The van der Waals surface area contributed by atoms with Crippen LogP contribution in [0.5, 0.6) is 11.5 Å². The Kier molecular flexibility index (Phi) is 7.16. The Morgan fingerprint density at radius 1 is 1.36 bits per heavy atom. The molecule has 2 N–H and O–H groups in total. The van der Waals surface area contributed by atoms with Crippen LogP contribution in [0.15, 0.2) is 46.4 Å². The minimum absolute atomic E-state index is 0.0120. The van der Waals surface area contributed by atoms with Gasteiger partial charge in [-0.05, 0) is 53.3 Å². The summed E-state index contributed by atoms with van der Waals surface area (Å²) in [5.41, 5.74) is 3.99. The van der Waals surface area contributed by atoms with Crippen LogP contribution in [0.2, 0.25) is 5.02 Å². The number of rotatable bonds is 7. The minimum atomic E-state index is -0.241. The first-order valence-corrected chi connectivity index (χ1v) is 9.00. The molecule has 7 heteroatoms. The Morgan fingerprint density at radius 2 is 2.16 bits per heavy atom. The van der Waals surface area contributed by atoms with E-state index < -0.39 is 0 Å². The van der Waals surface area contributed by atoms with Gasteiger partial charge in [-0.25, -0.2) is 5.43 Å². The van der Waals surface area contributed by atoms with Crippen molar-refractivity contribution >= 4 is 35.5 Å². The molecule has 0 unspecified atom stereocenters. The van der Waals surface area contributed by atoms with E-state index in [2.05, 4.69) is 17.5 Å². The van der Waals surface area contributed by atoms with Gasteiger partial charge in [-0.15, -0.1) is 11.8 Å². The molecule has 1 amide bonds. The number of thioether (sulfide) groups is 1. The first-order chi connectivity index (χ1) is 12.0. The molecule has 2 aromatic carbocycles. The zero-order chi connectivity index (χ0) is 18.2. The second-order valence-corrected chi connectivity index (χ2v) is 6.83. The Hall–Kier alpha value is -2.18. The standard InChI is InChI=1S/C18H19ClN2O3S/c1-3-25-17-7-5-14(19)9-13(17)10-18(23)21-20-11-12-4-6-16(24-2)15(22)8-12/h4-9,11,22H,3,10H2,1-2H3,(H,21,23)/b20-11-. The molecule has 0 aliphatic heterocycles. The van der Waals surface area contributed by atoms with E-state index in [9.17, 15) is 9.90 Å². The van der Waals surface area contributed by atoms with Gasteiger partial charge in [0.2, 0.25) is 5.91 Å². The number of methoxy groups -OCH3 is 1. The highest BCUT2D eigenvalue weighted by molar-refractivity contribution is 7.99. The number of hydrogen-bond donors (Lipinski definition) is 2. The number of hydrogen-bond acceptors (Lipinski definition) is 5. The molecule has 0 radical (unpaired) electrons. The number of benzene rings is 2.